The highest BCUT2D eigenvalue weighted by molar-refractivity contribution is 5.72. The predicted octanol–water partition coefficient (Wildman–Crippen LogP) is 7.00. The summed E-state index contributed by atoms with van der Waals surface area (Å²) in [6, 6.07) is 16.0. The van der Waals surface area contributed by atoms with Gasteiger partial charge in [0, 0.05) is 17.3 Å². The molecule has 0 radical (unpaired) electrons. The molecule has 3 rings (SSSR count). The fourth-order valence-corrected chi connectivity index (χ4v) is 2.82. The van der Waals surface area contributed by atoms with Crippen molar-refractivity contribution in [3.63, 3.8) is 0 Å². The van der Waals surface area contributed by atoms with Crippen LogP contribution >= 0.6 is 0 Å². The Bertz CT molecular complexity index is 934. The van der Waals surface area contributed by atoms with Gasteiger partial charge in [0.25, 0.3) is 0 Å². The first kappa shape index (κ1) is 25.8. The third-order valence-electron chi connectivity index (χ3n) is 4.51. The van der Waals surface area contributed by atoms with E-state index in [1.807, 2.05) is 62.5 Å². The van der Waals surface area contributed by atoms with Crippen molar-refractivity contribution in [1.29, 1.82) is 0 Å². The molecule has 0 atom stereocenters. The summed E-state index contributed by atoms with van der Waals surface area (Å²) in [7, 11) is 4.93. The van der Waals surface area contributed by atoms with E-state index >= 15 is 0 Å². The van der Waals surface area contributed by atoms with Gasteiger partial charge in [-0.1, -0.05) is 51.1 Å². The number of pyridine rings is 1. The first-order chi connectivity index (χ1) is 15.1. The Balaban J connectivity index is 0.000000365. The molecule has 4 heteroatoms. The van der Waals surface area contributed by atoms with Gasteiger partial charge in [-0.05, 0) is 55.3 Å². The lowest BCUT2D eigenvalue weighted by atomic mass is 10.0. The van der Waals surface area contributed by atoms with Gasteiger partial charge in [-0.3, -0.25) is 4.98 Å². The Morgan fingerprint density at radius 3 is 2.10 bits per heavy atom. The van der Waals surface area contributed by atoms with Crippen LogP contribution in [0.15, 0.2) is 61.3 Å². The molecule has 2 aromatic carbocycles. The van der Waals surface area contributed by atoms with E-state index in [4.69, 9.17) is 14.2 Å². The molecule has 31 heavy (non-hydrogen) atoms. The molecule has 0 aliphatic heterocycles. The highest BCUT2D eigenvalue weighted by atomic mass is 16.5. The largest absolute Gasteiger partial charge is 0.497 e. The van der Waals surface area contributed by atoms with Gasteiger partial charge in [-0.2, -0.15) is 0 Å². The van der Waals surface area contributed by atoms with Crippen molar-refractivity contribution in [2.45, 2.75) is 34.1 Å². The number of rotatable bonds is 6. The summed E-state index contributed by atoms with van der Waals surface area (Å²) in [4.78, 5) is 4.43. The molecule has 0 N–H and O–H groups in total. The van der Waals surface area contributed by atoms with Crippen molar-refractivity contribution in [2.75, 3.05) is 21.3 Å². The third kappa shape index (κ3) is 7.49. The molecule has 4 nitrogen and oxygen atoms in total. The normalized spacial score (nSPS) is 9.39. The van der Waals surface area contributed by atoms with Crippen molar-refractivity contribution < 1.29 is 14.2 Å². The smallest absolute Gasteiger partial charge is 0.167 e. The van der Waals surface area contributed by atoms with E-state index in [-0.39, 0.29) is 0 Å². The van der Waals surface area contributed by atoms with Crippen molar-refractivity contribution in [3.8, 4) is 28.5 Å². The van der Waals surface area contributed by atoms with Gasteiger partial charge in [0.05, 0.1) is 27.0 Å². The van der Waals surface area contributed by atoms with E-state index in [0.29, 0.717) is 11.5 Å². The Labute approximate surface area is 187 Å². The Morgan fingerprint density at radius 1 is 0.903 bits per heavy atom. The highest BCUT2D eigenvalue weighted by Crippen LogP contribution is 2.36. The number of hydrogen-bond donors (Lipinski definition) is 0. The number of benzene rings is 2. The summed E-state index contributed by atoms with van der Waals surface area (Å²) in [5.41, 5.74) is 5.33. The fourth-order valence-electron chi connectivity index (χ4n) is 2.82. The highest BCUT2D eigenvalue weighted by Gasteiger charge is 2.12. The molecule has 166 valence electrons. The van der Waals surface area contributed by atoms with Gasteiger partial charge in [-0.15, -0.1) is 0 Å². The maximum absolute atomic E-state index is 5.40. The van der Waals surface area contributed by atoms with E-state index in [1.54, 1.807) is 27.4 Å². The summed E-state index contributed by atoms with van der Waals surface area (Å²) >= 11 is 0. The molecular weight excluding hydrogens is 386 g/mol. The summed E-state index contributed by atoms with van der Waals surface area (Å²) in [5, 5.41) is 0. The number of aryl methyl sites for hydroxylation is 2. The lowest BCUT2D eigenvalue weighted by molar-refractivity contribution is 0.354. The number of nitrogens with zero attached hydrogens (tertiary/aromatic N) is 1. The number of hydrogen-bond acceptors (Lipinski definition) is 4. The van der Waals surface area contributed by atoms with Gasteiger partial charge in [0.2, 0.25) is 0 Å². The number of methoxy groups -OCH3 is 3. The second-order valence-corrected chi connectivity index (χ2v) is 6.43. The minimum Gasteiger partial charge on any atom is -0.497 e. The van der Waals surface area contributed by atoms with E-state index in [9.17, 15) is 0 Å². The molecule has 0 unspecified atom stereocenters. The topological polar surface area (TPSA) is 40.6 Å². The van der Waals surface area contributed by atoms with E-state index in [2.05, 4.69) is 31.5 Å². The molecule has 0 saturated heterocycles. The zero-order valence-corrected chi connectivity index (χ0v) is 19.9. The standard InChI is InChI=1S/C17H19NO2.C8H10O.C2H6/c1-5-12-7-8-18-15(9-12)14-10-13(6-2)17(20-4)16(11-14)19-3;1-7-3-5-8(9-2)6-4-7;1-2/h6-11H,2,5H2,1,3-4H3;3-6H,1-2H3;1-2H3. The van der Waals surface area contributed by atoms with Crippen LogP contribution in [-0.2, 0) is 6.42 Å². The SMILES string of the molecule is C=Cc1cc(-c2cc(CC)ccn2)cc(OC)c1OC.CC.COc1ccc(C)cc1. The fraction of sp³-hybridized carbons (Fsp3) is 0.296. The quantitative estimate of drug-likeness (QED) is 0.429. The average Bonchev–Trinajstić information content (AvgIpc) is 2.85. The van der Waals surface area contributed by atoms with E-state index in [1.165, 1.54) is 11.1 Å². The van der Waals surface area contributed by atoms with Crippen LogP contribution in [-0.4, -0.2) is 26.3 Å². The summed E-state index contributed by atoms with van der Waals surface area (Å²) in [6.45, 7) is 12.0. The predicted molar refractivity (Wildman–Crippen MR) is 131 cm³/mol. The maximum atomic E-state index is 5.40. The number of aromatic nitrogens is 1. The summed E-state index contributed by atoms with van der Waals surface area (Å²) in [6.07, 6.45) is 4.57. The second-order valence-electron chi connectivity index (χ2n) is 6.43. The van der Waals surface area contributed by atoms with Gasteiger partial charge < -0.3 is 14.2 Å². The molecule has 0 saturated carbocycles. The molecule has 0 fully saturated rings. The van der Waals surface area contributed by atoms with E-state index in [0.717, 1.165) is 29.0 Å². The minimum atomic E-state index is 0.684. The molecule has 0 aliphatic rings. The maximum Gasteiger partial charge on any atom is 0.167 e. The van der Waals surface area contributed by atoms with Gasteiger partial charge in [-0.25, -0.2) is 0 Å². The summed E-state index contributed by atoms with van der Waals surface area (Å²) in [5.74, 6) is 2.29. The van der Waals surface area contributed by atoms with Crippen LogP contribution in [0.3, 0.4) is 0 Å². The van der Waals surface area contributed by atoms with Crippen LogP contribution in [0, 0.1) is 6.92 Å². The molecule has 0 bridgehead atoms. The molecule has 1 aromatic heterocycles. The van der Waals surface area contributed by atoms with Gasteiger partial charge in [0.1, 0.15) is 5.75 Å². The Hall–Kier alpha value is -3.27. The van der Waals surface area contributed by atoms with Crippen LogP contribution in [0.2, 0.25) is 0 Å². The van der Waals surface area contributed by atoms with Crippen molar-refractivity contribution >= 4 is 6.08 Å². The third-order valence-corrected chi connectivity index (χ3v) is 4.51. The monoisotopic (exact) mass is 421 g/mol. The van der Waals surface area contributed by atoms with Crippen LogP contribution < -0.4 is 14.2 Å². The zero-order chi connectivity index (χ0) is 23.2. The van der Waals surface area contributed by atoms with Gasteiger partial charge in [0.15, 0.2) is 11.5 Å². The first-order valence-corrected chi connectivity index (χ1v) is 10.5. The van der Waals surface area contributed by atoms with E-state index < -0.39 is 0 Å². The van der Waals surface area contributed by atoms with Crippen LogP contribution in [0.4, 0.5) is 0 Å². The van der Waals surface area contributed by atoms with Gasteiger partial charge >= 0.3 is 0 Å². The molecule has 0 spiro atoms. The van der Waals surface area contributed by atoms with Crippen LogP contribution in [0.1, 0.15) is 37.5 Å². The molecule has 1 heterocycles. The Morgan fingerprint density at radius 2 is 1.58 bits per heavy atom. The number of ether oxygens (including phenoxy) is 3. The van der Waals surface area contributed by atoms with Crippen molar-refractivity contribution in [1.82, 2.24) is 4.98 Å². The zero-order valence-electron chi connectivity index (χ0n) is 19.9. The average molecular weight is 422 g/mol. The first-order valence-electron chi connectivity index (χ1n) is 10.5. The Kier molecular flexibility index (Phi) is 11.5. The molecule has 0 aliphatic carbocycles. The summed E-state index contributed by atoms with van der Waals surface area (Å²) < 4.78 is 15.7. The van der Waals surface area contributed by atoms with Crippen molar-refractivity contribution in [3.05, 3.63) is 78.0 Å². The van der Waals surface area contributed by atoms with Crippen LogP contribution in [0.25, 0.3) is 17.3 Å². The lowest BCUT2D eigenvalue weighted by Gasteiger charge is -2.13. The van der Waals surface area contributed by atoms with Crippen molar-refractivity contribution in [2.24, 2.45) is 0 Å². The molecule has 3 aromatic rings. The lowest BCUT2D eigenvalue weighted by Crippen LogP contribution is -1.95. The molecule has 0 amide bonds. The molecular formula is C27H35NO3. The van der Waals surface area contributed by atoms with Crippen LogP contribution in [0.5, 0.6) is 17.2 Å². The second kappa shape index (κ2) is 13.9. The minimum absolute atomic E-state index is 0.684.